The third-order valence-corrected chi connectivity index (χ3v) is 9.32. The zero-order valence-electron chi connectivity index (χ0n) is 22.5. The van der Waals surface area contributed by atoms with Crippen LogP contribution in [0.2, 0.25) is 0 Å². The molecular formula is C38H30N2. The summed E-state index contributed by atoms with van der Waals surface area (Å²) >= 11 is 0. The van der Waals surface area contributed by atoms with Gasteiger partial charge in [-0.15, -0.1) is 0 Å². The summed E-state index contributed by atoms with van der Waals surface area (Å²) in [6.07, 6.45) is 0. The van der Waals surface area contributed by atoms with E-state index in [4.69, 9.17) is 0 Å². The van der Waals surface area contributed by atoms with Gasteiger partial charge in [-0.2, -0.15) is 0 Å². The van der Waals surface area contributed by atoms with Gasteiger partial charge in [-0.3, -0.25) is 9.80 Å². The van der Waals surface area contributed by atoms with Gasteiger partial charge in [0.2, 0.25) is 0 Å². The van der Waals surface area contributed by atoms with Crippen molar-refractivity contribution in [2.75, 3.05) is 0 Å². The number of fused-ring (bicyclic) bond motifs is 2. The van der Waals surface area contributed by atoms with Crippen LogP contribution in [0.4, 0.5) is 0 Å². The normalized spacial score (nSPS) is 15.6. The minimum atomic E-state index is 0.986. The Bertz CT molecular complexity index is 1810. The van der Waals surface area contributed by atoms with Crippen LogP contribution in [0, 0.1) is 0 Å². The van der Waals surface area contributed by atoms with Crippen LogP contribution >= 0.6 is 0 Å². The lowest BCUT2D eigenvalue weighted by Gasteiger charge is -2.32. The Kier molecular flexibility index (Phi) is 4.87. The van der Waals surface area contributed by atoms with Gasteiger partial charge < -0.3 is 0 Å². The lowest BCUT2D eigenvalue weighted by atomic mass is 9.82. The smallest absolute Gasteiger partial charge is 0.0247 e. The van der Waals surface area contributed by atoms with Crippen LogP contribution in [0.1, 0.15) is 33.4 Å². The van der Waals surface area contributed by atoms with E-state index in [9.17, 15) is 0 Å². The van der Waals surface area contributed by atoms with Crippen LogP contribution in [0.25, 0.3) is 43.1 Å². The first kappa shape index (κ1) is 22.6. The Labute approximate surface area is 234 Å². The van der Waals surface area contributed by atoms with Crippen LogP contribution in [-0.2, 0) is 39.3 Å². The molecule has 0 saturated carbocycles. The number of hydrogen-bond donors (Lipinski definition) is 0. The van der Waals surface area contributed by atoms with Crippen LogP contribution in [0.5, 0.6) is 0 Å². The van der Waals surface area contributed by atoms with Gasteiger partial charge in [0.15, 0.2) is 0 Å². The van der Waals surface area contributed by atoms with Gasteiger partial charge in [-0.1, -0.05) is 109 Å². The van der Waals surface area contributed by atoms with Crippen molar-refractivity contribution < 1.29 is 0 Å². The summed E-state index contributed by atoms with van der Waals surface area (Å²) in [5, 5.41) is 11.6. The largest absolute Gasteiger partial charge is 0.291 e. The molecule has 0 amide bonds. The van der Waals surface area contributed by atoms with Gasteiger partial charge in [0, 0.05) is 39.3 Å². The maximum absolute atomic E-state index is 2.58. The molecule has 0 aliphatic carbocycles. The summed E-state index contributed by atoms with van der Waals surface area (Å²) in [6.45, 7) is 5.97. The van der Waals surface area contributed by atoms with Crippen molar-refractivity contribution in [2.45, 2.75) is 39.3 Å². The Balaban J connectivity index is 1.18. The molecule has 0 spiro atoms. The van der Waals surface area contributed by atoms with Crippen molar-refractivity contribution in [1.29, 1.82) is 0 Å². The summed E-state index contributed by atoms with van der Waals surface area (Å²) in [7, 11) is 0. The van der Waals surface area contributed by atoms with Crippen LogP contribution in [0.15, 0.2) is 109 Å². The first-order valence-electron chi connectivity index (χ1n) is 14.5. The summed E-state index contributed by atoms with van der Waals surface area (Å²) in [5.41, 5.74) is 8.61. The third kappa shape index (κ3) is 3.37. The number of benzene rings is 7. The monoisotopic (exact) mass is 514 g/mol. The Hall–Kier alpha value is -4.24. The van der Waals surface area contributed by atoms with Crippen molar-refractivity contribution in [1.82, 2.24) is 9.80 Å². The molecule has 2 heterocycles. The maximum atomic E-state index is 2.58. The molecule has 2 heteroatoms. The van der Waals surface area contributed by atoms with E-state index in [-0.39, 0.29) is 0 Å². The van der Waals surface area contributed by atoms with E-state index in [2.05, 4.69) is 119 Å². The van der Waals surface area contributed by atoms with E-state index in [1.807, 2.05) is 0 Å². The molecule has 2 nitrogen and oxygen atoms in total. The molecule has 40 heavy (non-hydrogen) atoms. The van der Waals surface area contributed by atoms with Crippen molar-refractivity contribution >= 4 is 43.1 Å². The summed E-state index contributed by atoms with van der Waals surface area (Å²) in [6, 6.07) is 41.0. The molecule has 192 valence electrons. The van der Waals surface area contributed by atoms with Gasteiger partial charge in [0.25, 0.3) is 0 Å². The second-order valence-electron chi connectivity index (χ2n) is 11.9. The van der Waals surface area contributed by atoms with Crippen LogP contribution in [0.3, 0.4) is 0 Å². The molecule has 2 aliphatic heterocycles. The number of hydrogen-bond acceptors (Lipinski definition) is 2. The summed E-state index contributed by atoms with van der Waals surface area (Å²) in [5.74, 6) is 0. The molecule has 0 atom stereocenters. The van der Waals surface area contributed by atoms with Crippen molar-refractivity contribution in [2.24, 2.45) is 0 Å². The number of nitrogens with zero attached hydrogens (tertiary/aromatic N) is 2. The Morgan fingerprint density at radius 2 is 0.675 bits per heavy atom. The van der Waals surface area contributed by atoms with E-state index >= 15 is 0 Å². The Morgan fingerprint density at radius 1 is 0.350 bits per heavy atom. The molecule has 0 fully saturated rings. The fourth-order valence-electron chi connectivity index (χ4n) is 7.69. The lowest BCUT2D eigenvalue weighted by molar-refractivity contribution is 0.243. The van der Waals surface area contributed by atoms with E-state index in [1.165, 1.54) is 76.5 Å². The maximum Gasteiger partial charge on any atom is 0.0247 e. The minimum Gasteiger partial charge on any atom is -0.291 e. The molecular weight excluding hydrogens is 484 g/mol. The van der Waals surface area contributed by atoms with Crippen molar-refractivity contribution in [3.63, 3.8) is 0 Å². The van der Waals surface area contributed by atoms with Crippen molar-refractivity contribution in [3.8, 4) is 0 Å². The molecule has 0 bridgehead atoms. The summed E-state index contributed by atoms with van der Waals surface area (Å²) in [4.78, 5) is 5.16. The molecule has 7 aromatic rings. The second kappa shape index (κ2) is 8.63. The van der Waals surface area contributed by atoms with E-state index in [0.717, 1.165) is 39.3 Å². The average molecular weight is 515 g/mol. The van der Waals surface area contributed by atoms with Crippen LogP contribution in [-0.4, -0.2) is 9.80 Å². The zero-order chi connectivity index (χ0) is 26.2. The predicted octanol–water partition coefficient (Wildman–Crippen LogP) is 8.77. The fourth-order valence-corrected chi connectivity index (χ4v) is 7.69. The van der Waals surface area contributed by atoms with Gasteiger partial charge in [-0.25, -0.2) is 0 Å². The van der Waals surface area contributed by atoms with E-state index < -0.39 is 0 Å². The topological polar surface area (TPSA) is 6.48 Å². The highest BCUT2D eigenvalue weighted by molar-refractivity contribution is 6.34. The molecule has 9 rings (SSSR count). The molecule has 7 aromatic carbocycles. The highest BCUT2D eigenvalue weighted by atomic mass is 15.1. The van der Waals surface area contributed by atoms with Gasteiger partial charge >= 0.3 is 0 Å². The fraction of sp³-hybridized carbons (Fsp3) is 0.158. The zero-order valence-corrected chi connectivity index (χ0v) is 22.5. The van der Waals surface area contributed by atoms with Gasteiger partial charge in [-0.05, 0) is 76.5 Å². The third-order valence-electron chi connectivity index (χ3n) is 9.32. The van der Waals surface area contributed by atoms with E-state index in [1.54, 1.807) is 0 Å². The molecule has 0 radical (unpaired) electrons. The first-order valence-corrected chi connectivity index (χ1v) is 14.5. The van der Waals surface area contributed by atoms with E-state index in [0.29, 0.717) is 0 Å². The molecule has 0 saturated heterocycles. The predicted molar refractivity (Wildman–Crippen MR) is 166 cm³/mol. The summed E-state index contributed by atoms with van der Waals surface area (Å²) < 4.78 is 0. The molecule has 0 aromatic heterocycles. The highest BCUT2D eigenvalue weighted by Gasteiger charge is 2.25. The Morgan fingerprint density at radius 3 is 1.00 bits per heavy atom. The lowest BCUT2D eigenvalue weighted by Crippen LogP contribution is -2.26. The van der Waals surface area contributed by atoms with Gasteiger partial charge in [0.1, 0.15) is 0 Å². The molecule has 0 N–H and O–H groups in total. The molecule has 0 unspecified atom stereocenters. The minimum absolute atomic E-state index is 0.986. The first-order chi connectivity index (χ1) is 19.8. The average Bonchev–Trinajstić information content (AvgIpc) is 2.99. The van der Waals surface area contributed by atoms with Crippen molar-refractivity contribution in [3.05, 3.63) is 143 Å². The highest BCUT2D eigenvalue weighted by Crippen LogP contribution is 2.46. The second-order valence-corrected chi connectivity index (χ2v) is 11.9. The molecule has 2 aliphatic rings. The van der Waals surface area contributed by atoms with Gasteiger partial charge in [0.05, 0.1) is 0 Å². The van der Waals surface area contributed by atoms with Crippen LogP contribution < -0.4 is 0 Å². The number of rotatable bonds is 4. The SMILES string of the molecule is c1ccc(CN2Cc3ccc4c5ccc6c7c(ccc(c8ccc(c3c48)C2)c75)CN(Cc2ccccc2)C6)cc1. The standard InChI is InChI=1S/C38H30N2/c1-3-7-25(8-4-1)19-39-21-27-11-15-31-33-17-13-29-23-40(20-26-9-5-2-6-10-26)24-30-14-18-34(38(33)36(29)30)32-16-12-28(22-39)35(27)37(31)32/h1-18H,19-24H2. The quantitative estimate of drug-likeness (QED) is 0.171.